The molecule has 0 spiro atoms. The zero-order valence-corrected chi connectivity index (χ0v) is 12.1. The number of likely N-dealkylation sites (N-methyl/N-ethyl adjacent to an activating group) is 1. The van der Waals surface area contributed by atoms with E-state index >= 15 is 0 Å². The van der Waals surface area contributed by atoms with Crippen molar-refractivity contribution in [2.75, 3.05) is 18.6 Å². The topological polar surface area (TPSA) is 24.9 Å². The fraction of sp³-hybridized carbons (Fsp3) is 0.727. The van der Waals surface area contributed by atoms with Gasteiger partial charge in [-0.3, -0.25) is 0 Å². The second-order valence-electron chi connectivity index (χ2n) is 3.94. The van der Waals surface area contributed by atoms with Gasteiger partial charge in [-0.2, -0.15) is 23.5 Å². The van der Waals surface area contributed by atoms with Gasteiger partial charge in [0.1, 0.15) is 0 Å². The van der Waals surface area contributed by atoms with Crippen LogP contribution in [0.1, 0.15) is 11.9 Å². The standard InChI is InChI=1S/C11H18N2S3/c1-8-11(16-6-5-14-8)9(12-2)7-10-13-3-4-15-10/h3-4,8-9,11-12H,5-7H2,1-2H3. The monoisotopic (exact) mass is 274 g/mol. The number of hydrogen-bond acceptors (Lipinski definition) is 5. The van der Waals surface area contributed by atoms with Crippen LogP contribution in [-0.4, -0.2) is 40.1 Å². The molecular weight excluding hydrogens is 256 g/mol. The number of thiazole rings is 1. The van der Waals surface area contributed by atoms with Crippen LogP contribution in [0, 0.1) is 0 Å². The van der Waals surface area contributed by atoms with E-state index in [1.54, 1.807) is 11.3 Å². The third-order valence-corrected chi connectivity index (χ3v) is 6.94. The van der Waals surface area contributed by atoms with Gasteiger partial charge in [0, 0.05) is 46.0 Å². The first kappa shape index (κ1) is 12.7. The summed E-state index contributed by atoms with van der Waals surface area (Å²) in [6.45, 7) is 2.35. The van der Waals surface area contributed by atoms with Crippen LogP contribution in [0.5, 0.6) is 0 Å². The van der Waals surface area contributed by atoms with Crippen molar-refractivity contribution in [1.82, 2.24) is 10.3 Å². The van der Waals surface area contributed by atoms with E-state index in [9.17, 15) is 0 Å². The Balaban J connectivity index is 1.98. The van der Waals surface area contributed by atoms with Crippen molar-refractivity contribution in [3.63, 3.8) is 0 Å². The second-order valence-corrected chi connectivity index (χ2v) is 7.69. The van der Waals surface area contributed by atoms with Gasteiger partial charge in [-0.25, -0.2) is 4.98 Å². The molecule has 2 heterocycles. The van der Waals surface area contributed by atoms with Crippen LogP contribution in [0.15, 0.2) is 11.6 Å². The van der Waals surface area contributed by atoms with Crippen molar-refractivity contribution >= 4 is 34.9 Å². The van der Waals surface area contributed by atoms with E-state index in [1.165, 1.54) is 16.5 Å². The average molecular weight is 274 g/mol. The van der Waals surface area contributed by atoms with Crippen LogP contribution < -0.4 is 5.32 Å². The molecule has 1 N–H and O–H groups in total. The first-order valence-corrected chi connectivity index (χ1v) is 8.58. The molecule has 5 heteroatoms. The molecule has 3 atom stereocenters. The molecule has 90 valence electrons. The summed E-state index contributed by atoms with van der Waals surface area (Å²) in [6, 6.07) is 0.555. The number of aromatic nitrogens is 1. The minimum Gasteiger partial charge on any atom is -0.315 e. The molecule has 0 aromatic carbocycles. The summed E-state index contributed by atoms with van der Waals surface area (Å²) in [5.74, 6) is 2.59. The normalized spacial score (nSPS) is 27.9. The van der Waals surface area contributed by atoms with Gasteiger partial charge in [-0.1, -0.05) is 6.92 Å². The van der Waals surface area contributed by atoms with Crippen molar-refractivity contribution in [2.45, 2.75) is 29.9 Å². The van der Waals surface area contributed by atoms with Gasteiger partial charge >= 0.3 is 0 Å². The minimum absolute atomic E-state index is 0.555. The lowest BCUT2D eigenvalue weighted by molar-refractivity contribution is 0.530. The second kappa shape index (κ2) is 6.28. The zero-order chi connectivity index (χ0) is 11.4. The Morgan fingerprint density at radius 2 is 2.31 bits per heavy atom. The quantitative estimate of drug-likeness (QED) is 0.912. The molecule has 3 unspecified atom stereocenters. The van der Waals surface area contributed by atoms with E-state index in [-0.39, 0.29) is 0 Å². The van der Waals surface area contributed by atoms with Crippen LogP contribution >= 0.6 is 34.9 Å². The highest BCUT2D eigenvalue weighted by atomic mass is 32.2. The van der Waals surface area contributed by atoms with E-state index in [1.807, 2.05) is 6.20 Å². The molecule has 1 aliphatic rings. The molecule has 0 amide bonds. The maximum Gasteiger partial charge on any atom is 0.0940 e. The molecule has 2 rings (SSSR count). The summed E-state index contributed by atoms with van der Waals surface area (Å²) < 4.78 is 0. The Morgan fingerprint density at radius 1 is 1.50 bits per heavy atom. The SMILES string of the molecule is CNC(Cc1nccs1)C1SCCSC1C. The molecule has 0 radical (unpaired) electrons. The predicted molar refractivity (Wildman–Crippen MR) is 76.8 cm³/mol. The van der Waals surface area contributed by atoms with E-state index < -0.39 is 0 Å². The maximum atomic E-state index is 4.39. The smallest absolute Gasteiger partial charge is 0.0940 e. The number of nitrogens with one attached hydrogen (secondary N) is 1. The van der Waals surface area contributed by atoms with Gasteiger partial charge in [0.05, 0.1) is 5.01 Å². The van der Waals surface area contributed by atoms with Gasteiger partial charge in [-0.05, 0) is 7.05 Å². The summed E-state index contributed by atoms with van der Waals surface area (Å²) in [5, 5.41) is 8.25. The lowest BCUT2D eigenvalue weighted by Crippen LogP contribution is -2.44. The Kier molecular flexibility index (Phi) is 5.00. The van der Waals surface area contributed by atoms with Crippen molar-refractivity contribution in [1.29, 1.82) is 0 Å². The number of nitrogens with zero attached hydrogens (tertiary/aromatic N) is 1. The van der Waals surface area contributed by atoms with E-state index in [0.29, 0.717) is 11.3 Å². The fourth-order valence-corrected chi connectivity index (χ4v) is 5.69. The molecule has 16 heavy (non-hydrogen) atoms. The Morgan fingerprint density at radius 3 is 2.94 bits per heavy atom. The highest BCUT2D eigenvalue weighted by molar-refractivity contribution is 8.07. The molecule has 1 saturated heterocycles. The summed E-state index contributed by atoms with van der Waals surface area (Å²) in [6.07, 6.45) is 2.97. The van der Waals surface area contributed by atoms with Gasteiger partial charge in [0.15, 0.2) is 0 Å². The van der Waals surface area contributed by atoms with Crippen molar-refractivity contribution in [2.24, 2.45) is 0 Å². The van der Waals surface area contributed by atoms with E-state index in [0.717, 1.165) is 11.7 Å². The summed E-state index contributed by atoms with van der Waals surface area (Å²) in [5.41, 5.74) is 0. The Hall–Kier alpha value is 0.290. The molecule has 1 fully saturated rings. The van der Waals surface area contributed by atoms with Gasteiger partial charge in [-0.15, -0.1) is 11.3 Å². The number of thioether (sulfide) groups is 2. The van der Waals surface area contributed by atoms with E-state index in [4.69, 9.17) is 0 Å². The Bertz CT molecular complexity index is 302. The van der Waals surface area contributed by atoms with Crippen LogP contribution in [0.4, 0.5) is 0 Å². The van der Waals surface area contributed by atoms with Crippen LogP contribution in [0.25, 0.3) is 0 Å². The lowest BCUT2D eigenvalue weighted by Gasteiger charge is -2.34. The maximum absolute atomic E-state index is 4.39. The largest absolute Gasteiger partial charge is 0.315 e. The van der Waals surface area contributed by atoms with Crippen LogP contribution in [0.3, 0.4) is 0 Å². The molecular formula is C11H18N2S3. The minimum atomic E-state index is 0.555. The first-order valence-electron chi connectivity index (χ1n) is 5.60. The zero-order valence-electron chi connectivity index (χ0n) is 9.68. The third-order valence-electron chi connectivity index (χ3n) is 2.88. The summed E-state index contributed by atoms with van der Waals surface area (Å²) in [7, 11) is 2.07. The van der Waals surface area contributed by atoms with E-state index in [2.05, 4.69) is 53.2 Å². The van der Waals surface area contributed by atoms with Crippen LogP contribution in [-0.2, 0) is 6.42 Å². The Labute approximate surface area is 110 Å². The summed E-state index contributed by atoms with van der Waals surface area (Å²) >= 11 is 5.99. The lowest BCUT2D eigenvalue weighted by atomic mass is 10.1. The third kappa shape index (κ3) is 3.15. The molecule has 0 aliphatic carbocycles. The first-order chi connectivity index (χ1) is 7.81. The number of hydrogen-bond donors (Lipinski definition) is 1. The van der Waals surface area contributed by atoms with Crippen molar-refractivity contribution < 1.29 is 0 Å². The number of rotatable bonds is 4. The predicted octanol–water partition coefficient (Wildman–Crippen LogP) is 2.51. The average Bonchev–Trinajstić information content (AvgIpc) is 2.80. The van der Waals surface area contributed by atoms with Gasteiger partial charge in [0.25, 0.3) is 0 Å². The molecule has 1 aliphatic heterocycles. The summed E-state index contributed by atoms with van der Waals surface area (Å²) in [4.78, 5) is 4.39. The van der Waals surface area contributed by atoms with Crippen molar-refractivity contribution in [3.8, 4) is 0 Å². The van der Waals surface area contributed by atoms with Gasteiger partial charge < -0.3 is 5.32 Å². The highest BCUT2D eigenvalue weighted by Crippen LogP contribution is 2.33. The fourth-order valence-electron chi connectivity index (χ4n) is 2.02. The molecule has 0 bridgehead atoms. The van der Waals surface area contributed by atoms with Crippen LogP contribution in [0.2, 0.25) is 0 Å². The molecule has 0 saturated carbocycles. The molecule has 2 nitrogen and oxygen atoms in total. The highest BCUT2D eigenvalue weighted by Gasteiger charge is 2.29. The molecule has 1 aromatic heterocycles. The van der Waals surface area contributed by atoms with Crippen molar-refractivity contribution in [3.05, 3.63) is 16.6 Å². The van der Waals surface area contributed by atoms with Gasteiger partial charge in [0.2, 0.25) is 0 Å². The molecule has 1 aromatic rings.